The Hall–Kier alpha value is -2.97. The molecule has 15 nitrogen and oxygen atoms in total. The van der Waals surface area contributed by atoms with Crippen LogP contribution in [0, 0.1) is 0 Å². The Labute approximate surface area is 211 Å². The summed E-state index contributed by atoms with van der Waals surface area (Å²) in [5.74, 6) is -0.644. The molecule has 3 saturated heterocycles. The number of esters is 1. The van der Waals surface area contributed by atoms with Gasteiger partial charge in [-0.15, -0.1) is 0 Å². The number of rotatable bonds is 9. The molecule has 3 fully saturated rings. The molecule has 4 rings (SSSR count). The number of aliphatic hydroxyl groups excluding tert-OH is 1. The first kappa shape index (κ1) is 27.1. The van der Waals surface area contributed by atoms with E-state index in [4.69, 9.17) is 38.7 Å². The van der Waals surface area contributed by atoms with E-state index in [1.165, 1.54) is 7.11 Å². The summed E-state index contributed by atoms with van der Waals surface area (Å²) in [6.07, 6.45) is -8.15. The number of hydrogen-bond acceptors (Lipinski definition) is 11. The summed E-state index contributed by atoms with van der Waals surface area (Å²) >= 11 is 0. The van der Waals surface area contributed by atoms with Gasteiger partial charge in [0, 0.05) is 15.4 Å². The van der Waals surface area contributed by atoms with Crippen molar-refractivity contribution in [1.82, 2.24) is 0 Å². The van der Waals surface area contributed by atoms with Crippen molar-refractivity contribution in [3.05, 3.63) is 56.8 Å². The lowest BCUT2D eigenvalue weighted by molar-refractivity contribution is -0.353. The number of carbonyl (C=O) groups is 1. The molecule has 0 amide bonds. The quantitative estimate of drug-likeness (QED) is 0.219. The second kappa shape index (κ2) is 12.5. The highest BCUT2D eigenvalue weighted by molar-refractivity contribution is 5.70. The summed E-state index contributed by atoms with van der Waals surface area (Å²) in [6.45, 7) is 1.44. The first-order valence-electron chi connectivity index (χ1n) is 11.7. The fourth-order valence-corrected chi connectivity index (χ4v) is 4.57. The highest BCUT2D eigenvalue weighted by Gasteiger charge is 2.53. The van der Waals surface area contributed by atoms with Gasteiger partial charge in [-0.1, -0.05) is 47.5 Å². The topological polar surface area (TPSA) is 199 Å². The van der Waals surface area contributed by atoms with E-state index in [2.05, 4.69) is 20.1 Å². The maximum Gasteiger partial charge on any atom is 0.331 e. The van der Waals surface area contributed by atoms with E-state index in [1.54, 1.807) is 0 Å². The van der Waals surface area contributed by atoms with Gasteiger partial charge in [0.25, 0.3) is 0 Å². The number of fused-ring (bicyclic) bond motifs is 1. The van der Waals surface area contributed by atoms with Crippen LogP contribution < -0.4 is 0 Å². The van der Waals surface area contributed by atoms with Gasteiger partial charge in [0.05, 0.1) is 19.8 Å². The minimum atomic E-state index is -1.30. The molecule has 1 N–H and O–H groups in total. The van der Waals surface area contributed by atoms with E-state index < -0.39 is 74.0 Å². The zero-order chi connectivity index (χ0) is 26.4. The second-order valence-electron chi connectivity index (χ2n) is 8.54. The minimum absolute atomic E-state index is 0.0768. The first-order chi connectivity index (χ1) is 18.0. The molecule has 1 aromatic rings. The molecule has 15 heteroatoms. The average Bonchev–Trinajstić information content (AvgIpc) is 3.22. The molecule has 10 atom stereocenters. The predicted octanol–water partition coefficient (Wildman–Crippen LogP) is 2.25. The van der Waals surface area contributed by atoms with Crippen molar-refractivity contribution in [3.63, 3.8) is 0 Å². The molecule has 3 aliphatic rings. The van der Waals surface area contributed by atoms with Crippen LogP contribution in [0.5, 0.6) is 0 Å². The van der Waals surface area contributed by atoms with Crippen molar-refractivity contribution in [1.29, 1.82) is 0 Å². The smallest absolute Gasteiger partial charge is 0.331 e. The van der Waals surface area contributed by atoms with Gasteiger partial charge in [-0.2, -0.15) is 0 Å². The van der Waals surface area contributed by atoms with Crippen molar-refractivity contribution in [3.8, 4) is 0 Å². The Morgan fingerprint density at radius 2 is 1.89 bits per heavy atom. The molecule has 0 aromatic heterocycles. The molecule has 37 heavy (non-hydrogen) atoms. The van der Waals surface area contributed by atoms with Crippen LogP contribution in [0.4, 0.5) is 0 Å². The van der Waals surface area contributed by atoms with Gasteiger partial charge in [0.2, 0.25) is 0 Å². The maximum absolute atomic E-state index is 11.9. The van der Waals surface area contributed by atoms with Gasteiger partial charge >= 0.3 is 5.97 Å². The molecular weight excluding hydrogens is 492 g/mol. The zero-order valence-corrected chi connectivity index (χ0v) is 20.2. The monoisotopic (exact) mass is 520 g/mol. The normalized spacial score (nSPS) is 37.1. The van der Waals surface area contributed by atoms with Crippen LogP contribution in [0.1, 0.15) is 25.2 Å². The SMILES string of the molecule is CC[C@H]1OC(N=[N+]=[N-])[C@H](O)C1OC1OC2COC(c3ccccc3)O[C@@H]2[C@H](OCC(=O)OC)C1N=[N+]=[N-]. The van der Waals surface area contributed by atoms with Crippen LogP contribution in [-0.4, -0.2) is 86.6 Å². The van der Waals surface area contributed by atoms with Gasteiger partial charge < -0.3 is 38.3 Å². The van der Waals surface area contributed by atoms with Gasteiger partial charge in [-0.05, 0) is 17.5 Å². The van der Waals surface area contributed by atoms with Gasteiger partial charge in [-0.25, -0.2) is 4.79 Å². The number of methoxy groups -OCH3 is 1. The summed E-state index contributed by atoms with van der Waals surface area (Å²) in [4.78, 5) is 17.5. The molecule has 3 heterocycles. The number of benzene rings is 1. The summed E-state index contributed by atoms with van der Waals surface area (Å²) < 4.78 is 40.4. The molecule has 200 valence electrons. The molecule has 1 aromatic carbocycles. The van der Waals surface area contributed by atoms with Crippen LogP contribution in [0.3, 0.4) is 0 Å². The van der Waals surface area contributed by atoms with Crippen LogP contribution in [0.2, 0.25) is 0 Å². The van der Waals surface area contributed by atoms with Crippen molar-refractivity contribution >= 4 is 5.97 Å². The number of nitrogens with zero attached hydrogens (tertiary/aromatic N) is 6. The Morgan fingerprint density at radius 1 is 1.14 bits per heavy atom. The van der Waals surface area contributed by atoms with E-state index >= 15 is 0 Å². The molecule has 0 saturated carbocycles. The van der Waals surface area contributed by atoms with Gasteiger partial charge in [-0.3, -0.25) is 0 Å². The second-order valence-corrected chi connectivity index (χ2v) is 8.54. The molecule has 0 radical (unpaired) electrons. The van der Waals surface area contributed by atoms with E-state index in [0.29, 0.717) is 6.42 Å². The fraction of sp³-hybridized carbons (Fsp3) is 0.682. The van der Waals surface area contributed by atoms with E-state index in [9.17, 15) is 15.4 Å². The fourth-order valence-electron chi connectivity index (χ4n) is 4.57. The van der Waals surface area contributed by atoms with E-state index in [0.717, 1.165) is 5.56 Å². The van der Waals surface area contributed by atoms with Crippen LogP contribution in [0.25, 0.3) is 20.9 Å². The van der Waals surface area contributed by atoms with Crippen LogP contribution in [0.15, 0.2) is 40.6 Å². The maximum atomic E-state index is 11.9. The third-order valence-corrected chi connectivity index (χ3v) is 6.35. The minimum Gasteiger partial charge on any atom is -0.467 e. The largest absolute Gasteiger partial charge is 0.467 e. The Kier molecular flexibility index (Phi) is 9.16. The Bertz CT molecular complexity index is 1020. The summed E-state index contributed by atoms with van der Waals surface area (Å²) in [5, 5.41) is 18.0. The van der Waals surface area contributed by atoms with Crippen molar-refractivity contribution in [2.24, 2.45) is 10.2 Å². The van der Waals surface area contributed by atoms with Gasteiger partial charge in [0.1, 0.15) is 43.2 Å². The zero-order valence-electron chi connectivity index (χ0n) is 20.2. The number of hydrogen-bond donors (Lipinski definition) is 1. The Balaban J connectivity index is 1.60. The van der Waals surface area contributed by atoms with Crippen LogP contribution in [-0.2, 0) is 38.0 Å². The van der Waals surface area contributed by atoms with Crippen LogP contribution >= 0.6 is 0 Å². The number of ether oxygens (including phenoxy) is 7. The molecular formula is C22H28N6O9. The summed E-state index contributed by atoms with van der Waals surface area (Å²) in [7, 11) is 1.22. The molecule has 3 aliphatic heterocycles. The number of azide groups is 2. The van der Waals surface area contributed by atoms with Crippen molar-refractivity contribution < 1.29 is 43.1 Å². The third kappa shape index (κ3) is 5.96. The lowest BCUT2D eigenvalue weighted by Crippen LogP contribution is -2.63. The van der Waals surface area contributed by atoms with Crippen molar-refractivity contribution in [2.45, 2.75) is 74.8 Å². The average molecular weight is 520 g/mol. The highest BCUT2D eigenvalue weighted by Crippen LogP contribution is 2.38. The summed E-state index contributed by atoms with van der Waals surface area (Å²) in [6, 6.07) is 8.08. The highest BCUT2D eigenvalue weighted by atomic mass is 16.8. The predicted molar refractivity (Wildman–Crippen MR) is 122 cm³/mol. The lowest BCUT2D eigenvalue weighted by atomic mass is 9.95. The molecule has 0 spiro atoms. The standard InChI is InChI=1S/C22H28N6O9/c1-3-12-17(16(30)20(34-12)26-28-24)36-22-15(25-27-23)19(32-10-14(29)31-2)18-13(35-22)9-33-21(37-18)11-7-5-4-6-8-11/h4-8,12-13,15-22,30H,3,9-10H2,1-2H3/t12-,13?,15?,16-,17?,18+,19-,20?,21?,22?/m1/s1. The molecule has 0 aliphatic carbocycles. The summed E-state index contributed by atoms with van der Waals surface area (Å²) in [5.41, 5.74) is 18.9. The van der Waals surface area contributed by atoms with Crippen molar-refractivity contribution in [2.75, 3.05) is 20.3 Å². The molecule has 0 bridgehead atoms. The van der Waals surface area contributed by atoms with Gasteiger partial charge in [0.15, 0.2) is 18.8 Å². The first-order valence-corrected chi connectivity index (χ1v) is 11.7. The molecule has 6 unspecified atom stereocenters. The van der Waals surface area contributed by atoms with E-state index in [1.807, 2.05) is 37.3 Å². The lowest BCUT2D eigenvalue weighted by Gasteiger charge is -2.48. The Morgan fingerprint density at radius 3 is 2.57 bits per heavy atom. The van der Waals surface area contributed by atoms with E-state index in [-0.39, 0.29) is 6.61 Å². The number of aliphatic hydroxyl groups is 1. The number of carbonyl (C=O) groups excluding carboxylic acids is 1. The third-order valence-electron chi connectivity index (χ3n) is 6.35.